The van der Waals surface area contributed by atoms with Crippen LogP contribution in [0.15, 0.2) is 0 Å². The number of hydrogen-bond acceptors (Lipinski definition) is 2. The number of hydrogen-bond donors (Lipinski definition) is 2. The van der Waals surface area contributed by atoms with Crippen LogP contribution < -0.4 is 5.73 Å². The van der Waals surface area contributed by atoms with Crippen molar-refractivity contribution in [3.05, 3.63) is 0 Å². The molecule has 40 valence electrons. The van der Waals surface area contributed by atoms with E-state index in [9.17, 15) is 0 Å². The Labute approximate surface area is 73.1 Å². The average molecular weight is 129 g/mol. The van der Waals surface area contributed by atoms with Crippen molar-refractivity contribution in [2.45, 2.75) is 6.42 Å². The van der Waals surface area contributed by atoms with Gasteiger partial charge in [-0.15, -0.1) is 0 Å². The summed E-state index contributed by atoms with van der Waals surface area (Å²) in [6.07, 6.45) is 1.03. The van der Waals surface area contributed by atoms with Gasteiger partial charge in [-0.05, 0) is 18.7 Å². The van der Waals surface area contributed by atoms with Gasteiger partial charge in [0, 0.05) is 0 Å². The summed E-state index contributed by atoms with van der Waals surface area (Å²) in [4.78, 5) is 0. The molecule has 0 atom stereocenters. The molecule has 0 aliphatic rings. The van der Waals surface area contributed by atoms with E-state index in [-0.39, 0.29) is 36.2 Å². The van der Waals surface area contributed by atoms with E-state index in [1.807, 2.05) is 0 Å². The van der Waals surface area contributed by atoms with E-state index in [4.69, 9.17) is 5.73 Å². The molecule has 0 aromatic carbocycles. The molecule has 0 aliphatic heterocycles. The summed E-state index contributed by atoms with van der Waals surface area (Å²) in [6.45, 7) is 0.767. The van der Waals surface area contributed by atoms with Gasteiger partial charge in [-0.1, -0.05) is 0 Å². The minimum atomic E-state index is 0. The SMILES string of the molecule is NCCCS.[AlH3].[LiH]. The third kappa shape index (κ3) is 18.6. The van der Waals surface area contributed by atoms with Gasteiger partial charge in [-0.2, -0.15) is 12.6 Å². The number of rotatable bonds is 2. The van der Waals surface area contributed by atoms with Crippen LogP contribution in [0, 0.1) is 0 Å². The molecule has 0 rings (SSSR count). The Kier molecular flexibility index (Phi) is 35.3. The zero-order valence-electron chi connectivity index (χ0n) is 3.15. The molecular weight excluding hydrogens is 116 g/mol. The van der Waals surface area contributed by atoms with Crippen LogP contribution in [0.3, 0.4) is 0 Å². The molecule has 0 saturated heterocycles. The van der Waals surface area contributed by atoms with Crippen molar-refractivity contribution in [2.75, 3.05) is 12.3 Å². The second-order valence-corrected chi connectivity index (χ2v) is 1.31. The maximum atomic E-state index is 5.09. The van der Waals surface area contributed by atoms with Gasteiger partial charge in [0.1, 0.15) is 0 Å². The molecule has 0 fully saturated rings. The van der Waals surface area contributed by atoms with Gasteiger partial charge in [0.05, 0.1) is 0 Å². The van der Waals surface area contributed by atoms with E-state index in [1.54, 1.807) is 0 Å². The van der Waals surface area contributed by atoms with Crippen molar-refractivity contribution in [3.63, 3.8) is 0 Å². The van der Waals surface area contributed by atoms with Crippen molar-refractivity contribution in [1.82, 2.24) is 0 Å². The normalized spacial score (nSPS) is 6.00. The van der Waals surface area contributed by atoms with Crippen LogP contribution in [0.5, 0.6) is 0 Å². The Morgan fingerprint density at radius 2 is 1.86 bits per heavy atom. The number of nitrogens with two attached hydrogens (primary N) is 1. The summed E-state index contributed by atoms with van der Waals surface area (Å²) < 4.78 is 0. The van der Waals surface area contributed by atoms with Gasteiger partial charge in [-0.3, -0.25) is 0 Å². The van der Waals surface area contributed by atoms with E-state index in [1.165, 1.54) is 0 Å². The molecule has 0 heterocycles. The Morgan fingerprint density at radius 1 is 1.43 bits per heavy atom. The van der Waals surface area contributed by atoms with Crippen LogP contribution in [0.25, 0.3) is 0 Å². The van der Waals surface area contributed by atoms with Crippen molar-refractivity contribution in [2.24, 2.45) is 5.73 Å². The van der Waals surface area contributed by atoms with Gasteiger partial charge in [-0.25, -0.2) is 0 Å². The fourth-order valence-corrected chi connectivity index (χ4v) is 0.274. The van der Waals surface area contributed by atoms with E-state index < -0.39 is 0 Å². The zero-order valence-corrected chi connectivity index (χ0v) is 4.04. The molecular formula is C3H13AlLiNS. The predicted octanol–water partition coefficient (Wildman–Crippen LogP) is -1.57. The first-order valence-electron chi connectivity index (χ1n) is 1.72. The molecule has 0 aromatic heterocycles. The first kappa shape index (κ1) is 15.8. The molecule has 2 N–H and O–H groups in total. The van der Waals surface area contributed by atoms with E-state index in [2.05, 4.69) is 12.6 Å². The molecule has 0 radical (unpaired) electrons. The van der Waals surface area contributed by atoms with Crippen LogP contribution in [-0.4, -0.2) is 48.5 Å². The van der Waals surface area contributed by atoms with E-state index >= 15 is 0 Å². The van der Waals surface area contributed by atoms with E-state index in [0.717, 1.165) is 18.7 Å². The van der Waals surface area contributed by atoms with Crippen molar-refractivity contribution in [3.8, 4) is 0 Å². The molecule has 0 unspecified atom stereocenters. The van der Waals surface area contributed by atoms with Crippen molar-refractivity contribution < 1.29 is 0 Å². The van der Waals surface area contributed by atoms with Gasteiger partial charge in [0.15, 0.2) is 17.4 Å². The fourth-order valence-electron chi connectivity index (χ4n) is 0.0913. The minimum absolute atomic E-state index is 0. The quantitative estimate of drug-likeness (QED) is 0.342. The summed E-state index contributed by atoms with van der Waals surface area (Å²) in [5.41, 5.74) is 5.09. The topological polar surface area (TPSA) is 26.0 Å². The third-order valence-corrected chi connectivity index (χ3v) is 0.678. The summed E-state index contributed by atoms with van der Waals surface area (Å²) in [7, 11) is 0. The van der Waals surface area contributed by atoms with Gasteiger partial charge in [0.25, 0.3) is 0 Å². The molecule has 4 heteroatoms. The first-order chi connectivity index (χ1) is 2.41. The molecule has 0 aliphatic carbocycles. The maximum absolute atomic E-state index is 5.09. The molecule has 0 bridgehead atoms. The van der Waals surface area contributed by atoms with Crippen LogP contribution in [0.2, 0.25) is 0 Å². The monoisotopic (exact) mass is 129 g/mol. The summed E-state index contributed by atoms with van der Waals surface area (Å²) >= 11 is 3.92. The first-order valence-corrected chi connectivity index (χ1v) is 2.36. The second-order valence-electron chi connectivity index (χ2n) is 0.866. The van der Waals surface area contributed by atoms with Gasteiger partial charge < -0.3 is 5.73 Å². The standard InChI is InChI=1S/C3H9NS.Al.Li.4H/c4-2-1-3-5;;;;;;/h5H,1-4H2;;;;;;. The second kappa shape index (κ2) is 15.7. The molecule has 7 heavy (non-hydrogen) atoms. The Bertz CT molecular complexity index is 22.4. The third-order valence-electron chi connectivity index (χ3n) is 0.362. The predicted molar refractivity (Wildman–Crippen MR) is 44.6 cm³/mol. The molecule has 0 spiro atoms. The summed E-state index contributed by atoms with van der Waals surface area (Å²) in [5, 5.41) is 0. The van der Waals surface area contributed by atoms with E-state index in [0.29, 0.717) is 0 Å². The van der Waals surface area contributed by atoms with Crippen molar-refractivity contribution in [1.29, 1.82) is 0 Å². The zero-order chi connectivity index (χ0) is 4.12. The molecule has 0 amide bonds. The number of thiol groups is 1. The molecule has 0 aromatic rings. The van der Waals surface area contributed by atoms with Crippen LogP contribution in [0.4, 0.5) is 0 Å². The van der Waals surface area contributed by atoms with Crippen LogP contribution >= 0.6 is 12.6 Å². The summed E-state index contributed by atoms with van der Waals surface area (Å²) in [5.74, 6) is 0.913. The molecule has 1 nitrogen and oxygen atoms in total. The summed E-state index contributed by atoms with van der Waals surface area (Å²) in [6, 6.07) is 0. The Morgan fingerprint density at radius 3 is 1.86 bits per heavy atom. The Balaban J connectivity index is -0.0000000800. The average Bonchev–Trinajstić information content (AvgIpc) is 1.41. The van der Waals surface area contributed by atoms with Gasteiger partial charge in [0.2, 0.25) is 0 Å². The van der Waals surface area contributed by atoms with Crippen LogP contribution in [-0.2, 0) is 0 Å². The van der Waals surface area contributed by atoms with Crippen molar-refractivity contribution >= 4 is 48.9 Å². The fraction of sp³-hybridized carbons (Fsp3) is 1.00. The Hall–Kier alpha value is 1.44. The molecule has 0 saturated carbocycles. The van der Waals surface area contributed by atoms with Crippen LogP contribution in [0.1, 0.15) is 6.42 Å². The van der Waals surface area contributed by atoms with Gasteiger partial charge >= 0.3 is 18.9 Å².